The maximum Gasteiger partial charge on any atom is 0.418 e. The number of alkyl halides is 3. The number of amides is 1. The summed E-state index contributed by atoms with van der Waals surface area (Å²) in [7, 11) is 3.62. The fraction of sp³-hybridized carbons (Fsp3) is 0.261. The first-order valence-corrected chi connectivity index (χ1v) is 10.3. The van der Waals surface area contributed by atoms with E-state index in [0.29, 0.717) is 5.02 Å². The number of para-hydroxylation sites is 1. The average molecular weight is 479 g/mol. The van der Waals surface area contributed by atoms with Gasteiger partial charge in [-0.25, -0.2) is 4.68 Å². The number of carbonyl (C=O) groups is 1. The molecule has 0 saturated heterocycles. The molecule has 0 aliphatic rings. The molecule has 1 N–H and O–H groups in total. The molecule has 0 fully saturated rings. The van der Waals surface area contributed by atoms with Gasteiger partial charge >= 0.3 is 6.18 Å². The average Bonchev–Trinajstić information content (AvgIpc) is 2.74. The molecule has 0 spiro atoms. The van der Waals surface area contributed by atoms with Crippen molar-refractivity contribution in [3.8, 4) is 5.69 Å². The lowest BCUT2D eigenvalue weighted by molar-refractivity contribution is -0.137. The van der Waals surface area contributed by atoms with Crippen molar-refractivity contribution in [1.82, 2.24) is 20.0 Å². The van der Waals surface area contributed by atoms with Crippen molar-refractivity contribution < 1.29 is 18.0 Å². The van der Waals surface area contributed by atoms with Gasteiger partial charge in [0.15, 0.2) is 5.69 Å². The summed E-state index contributed by atoms with van der Waals surface area (Å²) in [5.41, 5.74) is -1.46. The van der Waals surface area contributed by atoms with Crippen molar-refractivity contribution in [3.05, 3.63) is 92.4 Å². The molecule has 10 heteroatoms. The highest BCUT2D eigenvalue weighted by atomic mass is 35.5. The van der Waals surface area contributed by atoms with Crippen LogP contribution in [-0.4, -0.2) is 41.2 Å². The molecule has 0 aliphatic heterocycles. The Morgan fingerprint density at radius 1 is 1.15 bits per heavy atom. The summed E-state index contributed by atoms with van der Waals surface area (Å²) >= 11 is 6.28. The van der Waals surface area contributed by atoms with E-state index < -0.39 is 28.8 Å². The smallest absolute Gasteiger partial charge is 0.349 e. The number of rotatable bonds is 6. The molecular weight excluding hydrogens is 457 g/mol. The number of halogens is 4. The van der Waals surface area contributed by atoms with Crippen molar-refractivity contribution >= 4 is 17.5 Å². The highest BCUT2D eigenvalue weighted by Crippen LogP contribution is 2.33. The second-order valence-electron chi connectivity index (χ2n) is 7.64. The van der Waals surface area contributed by atoms with Gasteiger partial charge in [-0.2, -0.15) is 18.3 Å². The van der Waals surface area contributed by atoms with Crippen LogP contribution in [0.15, 0.2) is 59.4 Å². The SMILES string of the molecule is Cc1cc(=O)c(C(=O)NC[C@@H](c2ccccc2Cl)N(C)C)nn1-c1ccccc1C(F)(F)F. The van der Waals surface area contributed by atoms with E-state index in [1.165, 1.54) is 25.1 Å². The molecular formula is C23H22ClF3N4O2. The monoisotopic (exact) mass is 478 g/mol. The van der Waals surface area contributed by atoms with Gasteiger partial charge in [-0.3, -0.25) is 9.59 Å². The normalized spacial score (nSPS) is 12.6. The molecule has 6 nitrogen and oxygen atoms in total. The van der Waals surface area contributed by atoms with Gasteiger partial charge in [0.1, 0.15) is 0 Å². The lowest BCUT2D eigenvalue weighted by Crippen LogP contribution is -2.38. The highest BCUT2D eigenvalue weighted by molar-refractivity contribution is 6.31. The van der Waals surface area contributed by atoms with Crippen LogP contribution in [0.3, 0.4) is 0 Å². The molecule has 1 aromatic heterocycles. The summed E-state index contributed by atoms with van der Waals surface area (Å²) in [5, 5.41) is 7.15. The van der Waals surface area contributed by atoms with E-state index in [9.17, 15) is 22.8 Å². The van der Waals surface area contributed by atoms with Crippen LogP contribution in [0.25, 0.3) is 5.69 Å². The molecule has 0 radical (unpaired) electrons. The molecule has 3 rings (SSSR count). The van der Waals surface area contributed by atoms with E-state index in [1.54, 1.807) is 12.1 Å². The van der Waals surface area contributed by atoms with Gasteiger partial charge in [-0.1, -0.05) is 41.9 Å². The van der Waals surface area contributed by atoms with Crippen LogP contribution in [0, 0.1) is 6.92 Å². The van der Waals surface area contributed by atoms with E-state index in [1.807, 2.05) is 31.1 Å². The van der Waals surface area contributed by atoms with Gasteiger partial charge in [-0.05, 0) is 44.8 Å². The molecule has 174 valence electrons. The number of hydrogen-bond donors (Lipinski definition) is 1. The Balaban J connectivity index is 1.94. The molecule has 1 heterocycles. The lowest BCUT2D eigenvalue weighted by Gasteiger charge is -2.26. The topological polar surface area (TPSA) is 67.2 Å². The maximum atomic E-state index is 13.5. The Hall–Kier alpha value is -3.17. The largest absolute Gasteiger partial charge is 0.418 e. The van der Waals surface area contributed by atoms with Crippen molar-refractivity contribution in [2.45, 2.75) is 19.1 Å². The van der Waals surface area contributed by atoms with Crippen LogP contribution in [0.2, 0.25) is 5.02 Å². The Bertz CT molecular complexity index is 1220. The fourth-order valence-corrected chi connectivity index (χ4v) is 3.70. The minimum Gasteiger partial charge on any atom is -0.349 e. The molecule has 0 unspecified atom stereocenters. The van der Waals surface area contributed by atoms with Gasteiger partial charge < -0.3 is 10.2 Å². The zero-order chi connectivity index (χ0) is 24.3. The van der Waals surface area contributed by atoms with Crippen molar-refractivity contribution in [3.63, 3.8) is 0 Å². The standard InChI is InChI=1S/C23H22ClF3N4O2/c1-14-12-20(32)21(29-31(14)18-11-7-5-9-16(18)23(25,26)27)22(33)28-13-19(30(2)3)15-8-4-6-10-17(15)24/h4-12,19H,13H2,1-3H3,(H,28,33)/t19-/m0/s1. The molecule has 0 bridgehead atoms. The van der Waals surface area contributed by atoms with E-state index in [-0.39, 0.29) is 24.0 Å². The summed E-state index contributed by atoms with van der Waals surface area (Å²) < 4.78 is 41.4. The van der Waals surface area contributed by atoms with Crippen LogP contribution in [0.5, 0.6) is 0 Å². The third-order valence-corrected chi connectivity index (χ3v) is 5.45. The molecule has 1 amide bonds. The third kappa shape index (κ3) is 5.43. The molecule has 33 heavy (non-hydrogen) atoms. The predicted octanol–water partition coefficient (Wildman–Crippen LogP) is 4.25. The number of aryl methyl sites for hydroxylation is 1. The first kappa shape index (κ1) is 24.5. The second kappa shape index (κ2) is 9.76. The zero-order valence-electron chi connectivity index (χ0n) is 18.2. The van der Waals surface area contributed by atoms with Crippen LogP contribution in [0.4, 0.5) is 13.2 Å². The molecule has 0 saturated carbocycles. The zero-order valence-corrected chi connectivity index (χ0v) is 18.9. The van der Waals surface area contributed by atoms with Crippen LogP contribution < -0.4 is 10.7 Å². The Labute approximate surface area is 193 Å². The summed E-state index contributed by atoms with van der Waals surface area (Å²) in [4.78, 5) is 27.1. The summed E-state index contributed by atoms with van der Waals surface area (Å²) in [5.74, 6) is -0.794. The number of carbonyl (C=O) groups excluding carboxylic acids is 1. The van der Waals surface area contributed by atoms with Crippen molar-refractivity contribution in [1.29, 1.82) is 0 Å². The molecule has 1 atom stereocenters. The van der Waals surface area contributed by atoms with E-state index in [2.05, 4.69) is 10.4 Å². The van der Waals surface area contributed by atoms with Crippen LogP contribution in [0.1, 0.15) is 33.4 Å². The number of nitrogens with one attached hydrogen (secondary N) is 1. The maximum absolute atomic E-state index is 13.5. The summed E-state index contributed by atoms with van der Waals surface area (Å²) in [6.07, 6.45) is -4.63. The predicted molar refractivity (Wildman–Crippen MR) is 120 cm³/mol. The van der Waals surface area contributed by atoms with Gasteiger partial charge in [-0.15, -0.1) is 0 Å². The van der Waals surface area contributed by atoms with Crippen molar-refractivity contribution in [2.24, 2.45) is 0 Å². The lowest BCUT2D eigenvalue weighted by atomic mass is 10.1. The number of likely N-dealkylation sites (N-methyl/N-ethyl adjacent to an activating group) is 1. The van der Waals surface area contributed by atoms with Gasteiger partial charge in [0.2, 0.25) is 5.43 Å². The fourth-order valence-electron chi connectivity index (χ4n) is 3.44. The number of benzene rings is 2. The third-order valence-electron chi connectivity index (χ3n) is 5.10. The first-order valence-electron chi connectivity index (χ1n) is 9.97. The Kier molecular flexibility index (Phi) is 7.24. The van der Waals surface area contributed by atoms with Crippen LogP contribution in [-0.2, 0) is 6.18 Å². The minimum absolute atomic E-state index is 0.101. The van der Waals surface area contributed by atoms with Crippen LogP contribution >= 0.6 is 11.6 Å². The quantitative estimate of drug-likeness (QED) is 0.575. The number of nitrogens with zero attached hydrogens (tertiary/aromatic N) is 3. The minimum atomic E-state index is -4.63. The summed E-state index contributed by atoms with van der Waals surface area (Å²) in [6.45, 7) is 1.55. The molecule has 3 aromatic rings. The Morgan fingerprint density at radius 2 is 1.79 bits per heavy atom. The van der Waals surface area contributed by atoms with Gasteiger partial charge in [0, 0.05) is 23.3 Å². The summed E-state index contributed by atoms with van der Waals surface area (Å²) in [6, 6.07) is 12.8. The van der Waals surface area contributed by atoms with E-state index in [4.69, 9.17) is 11.6 Å². The first-order chi connectivity index (χ1) is 15.5. The number of aromatic nitrogens is 2. The van der Waals surface area contributed by atoms with Crippen molar-refractivity contribution in [2.75, 3.05) is 20.6 Å². The molecule has 2 aromatic carbocycles. The van der Waals surface area contributed by atoms with E-state index in [0.717, 1.165) is 22.4 Å². The number of hydrogen-bond acceptors (Lipinski definition) is 4. The van der Waals surface area contributed by atoms with Gasteiger partial charge in [0.25, 0.3) is 5.91 Å². The Morgan fingerprint density at radius 3 is 2.42 bits per heavy atom. The van der Waals surface area contributed by atoms with E-state index >= 15 is 0 Å². The highest BCUT2D eigenvalue weighted by Gasteiger charge is 2.34. The van der Waals surface area contributed by atoms with Gasteiger partial charge in [0.05, 0.1) is 17.3 Å². The molecule has 0 aliphatic carbocycles. The second-order valence-corrected chi connectivity index (χ2v) is 8.04.